The quantitative estimate of drug-likeness (QED) is 0.605. The van der Waals surface area contributed by atoms with E-state index < -0.39 is 0 Å². The van der Waals surface area contributed by atoms with Crippen LogP contribution in [0.4, 0.5) is 0 Å². The first kappa shape index (κ1) is 10.3. The van der Waals surface area contributed by atoms with Crippen molar-refractivity contribution in [3.63, 3.8) is 0 Å². The van der Waals surface area contributed by atoms with Gasteiger partial charge in [0.2, 0.25) is 0 Å². The minimum absolute atomic E-state index is 0.0744. The summed E-state index contributed by atoms with van der Waals surface area (Å²) in [5, 5.41) is 0. The van der Waals surface area contributed by atoms with Crippen molar-refractivity contribution in [1.29, 1.82) is 0 Å². The molecular formula is C12H16OS2. The zero-order valence-electron chi connectivity index (χ0n) is 9.04. The van der Waals surface area contributed by atoms with Crippen molar-refractivity contribution < 1.29 is 4.79 Å². The predicted octanol–water partition coefficient (Wildman–Crippen LogP) is 3.25. The molecule has 1 atom stereocenters. The van der Waals surface area contributed by atoms with E-state index in [1.54, 1.807) is 0 Å². The molecular weight excluding hydrogens is 224 g/mol. The number of allylic oxidation sites excluding steroid dienone is 1. The lowest BCUT2D eigenvalue weighted by Crippen LogP contribution is -2.32. The second-order valence-electron chi connectivity index (χ2n) is 4.93. The number of fused-ring (bicyclic) bond motifs is 1. The van der Waals surface area contributed by atoms with E-state index in [1.165, 1.54) is 23.5 Å². The maximum Gasteiger partial charge on any atom is 0.143 e. The average Bonchev–Trinajstić information content (AvgIpc) is 2.78. The van der Waals surface area contributed by atoms with Gasteiger partial charge in [0, 0.05) is 23.3 Å². The molecule has 3 heteroatoms. The smallest absolute Gasteiger partial charge is 0.143 e. The van der Waals surface area contributed by atoms with E-state index in [0.29, 0.717) is 9.86 Å². The van der Waals surface area contributed by atoms with E-state index in [1.807, 2.05) is 0 Å². The largest absolute Gasteiger partial charge is 0.299 e. The van der Waals surface area contributed by atoms with Gasteiger partial charge in [0.05, 0.1) is 4.08 Å². The Balaban J connectivity index is 1.98. The topological polar surface area (TPSA) is 17.1 Å². The van der Waals surface area contributed by atoms with E-state index in [-0.39, 0.29) is 5.41 Å². The van der Waals surface area contributed by atoms with Crippen LogP contribution in [-0.4, -0.2) is 21.4 Å². The maximum atomic E-state index is 11.9. The number of thioether (sulfide) groups is 2. The standard InChI is InChI=1S/C12H16OS2/c1-11-4-5-12(14-6-7-15-12)8-9(11)2-3-10(11)13/h8H,2-7H2,1H3/t11-/m0/s1. The highest BCUT2D eigenvalue weighted by atomic mass is 32.2. The molecule has 0 aromatic carbocycles. The molecule has 3 rings (SSSR count). The molecule has 0 N–H and O–H groups in total. The van der Waals surface area contributed by atoms with Gasteiger partial charge in [-0.15, -0.1) is 23.5 Å². The molecule has 0 aromatic heterocycles. The van der Waals surface area contributed by atoms with Gasteiger partial charge in [-0.05, 0) is 26.2 Å². The van der Waals surface area contributed by atoms with Crippen LogP contribution in [0.5, 0.6) is 0 Å². The van der Waals surface area contributed by atoms with Crippen LogP contribution in [0.15, 0.2) is 11.6 Å². The number of rotatable bonds is 0. The summed E-state index contributed by atoms with van der Waals surface area (Å²) in [7, 11) is 0. The summed E-state index contributed by atoms with van der Waals surface area (Å²) in [5.74, 6) is 3.04. The molecule has 15 heavy (non-hydrogen) atoms. The number of Topliss-reactive ketones (excluding diaryl/α,β-unsaturated/α-hetero) is 1. The van der Waals surface area contributed by atoms with E-state index in [0.717, 1.165) is 19.3 Å². The lowest BCUT2D eigenvalue weighted by atomic mass is 9.75. The van der Waals surface area contributed by atoms with Crippen LogP contribution < -0.4 is 0 Å². The summed E-state index contributed by atoms with van der Waals surface area (Å²) in [5.41, 5.74) is 1.37. The number of carbonyl (C=O) groups excluding carboxylic acids is 1. The Hall–Kier alpha value is 0.110. The molecule has 0 amide bonds. The molecule has 1 nitrogen and oxygen atoms in total. The Morgan fingerprint density at radius 2 is 1.93 bits per heavy atom. The van der Waals surface area contributed by atoms with E-state index in [4.69, 9.17) is 0 Å². The molecule has 0 bridgehead atoms. The molecule has 1 spiro atoms. The van der Waals surface area contributed by atoms with Crippen molar-refractivity contribution in [1.82, 2.24) is 0 Å². The molecule has 1 aliphatic heterocycles. The molecule has 2 fully saturated rings. The van der Waals surface area contributed by atoms with Crippen LogP contribution in [0, 0.1) is 5.41 Å². The zero-order chi connectivity index (χ0) is 10.5. The Labute approximate surface area is 99.5 Å². The van der Waals surface area contributed by atoms with Gasteiger partial charge in [-0.25, -0.2) is 0 Å². The first-order valence-corrected chi connectivity index (χ1v) is 7.65. The summed E-state index contributed by atoms with van der Waals surface area (Å²) < 4.78 is 0.347. The third-order valence-corrected chi connectivity index (χ3v) is 7.49. The number of hydrogen-bond acceptors (Lipinski definition) is 3. The Morgan fingerprint density at radius 1 is 1.20 bits per heavy atom. The maximum absolute atomic E-state index is 11.9. The van der Waals surface area contributed by atoms with E-state index in [9.17, 15) is 4.79 Å². The van der Waals surface area contributed by atoms with Crippen molar-refractivity contribution in [3.8, 4) is 0 Å². The number of hydrogen-bond donors (Lipinski definition) is 0. The minimum Gasteiger partial charge on any atom is -0.299 e. The normalized spacial score (nSPS) is 38.2. The van der Waals surface area contributed by atoms with Gasteiger partial charge in [-0.1, -0.05) is 11.6 Å². The van der Waals surface area contributed by atoms with Gasteiger partial charge in [0.25, 0.3) is 0 Å². The van der Waals surface area contributed by atoms with Crippen molar-refractivity contribution in [2.75, 3.05) is 11.5 Å². The highest BCUT2D eigenvalue weighted by molar-refractivity contribution is 8.21. The molecule has 3 aliphatic rings. The second-order valence-corrected chi connectivity index (χ2v) is 8.04. The summed E-state index contributed by atoms with van der Waals surface area (Å²) >= 11 is 4.18. The highest BCUT2D eigenvalue weighted by Gasteiger charge is 2.49. The van der Waals surface area contributed by atoms with Crippen molar-refractivity contribution >= 4 is 29.3 Å². The molecule has 2 aliphatic carbocycles. The van der Waals surface area contributed by atoms with Gasteiger partial charge in [-0.2, -0.15) is 0 Å². The molecule has 0 aromatic rings. The van der Waals surface area contributed by atoms with Gasteiger partial charge in [0.1, 0.15) is 5.78 Å². The van der Waals surface area contributed by atoms with Crippen LogP contribution in [0.25, 0.3) is 0 Å². The first-order valence-electron chi connectivity index (χ1n) is 5.68. The summed E-state index contributed by atoms with van der Waals surface area (Å²) in [6.07, 6.45) is 6.53. The number of carbonyl (C=O) groups is 1. The van der Waals surface area contributed by atoms with Crippen LogP contribution >= 0.6 is 23.5 Å². The lowest BCUT2D eigenvalue weighted by Gasteiger charge is -2.37. The Bertz CT molecular complexity index is 342. The fraction of sp³-hybridized carbons (Fsp3) is 0.750. The fourth-order valence-corrected chi connectivity index (χ4v) is 6.11. The van der Waals surface area contributed by atoms with E-state index in [2.05, 4.69) is 36.5 Å². The molecule has 1 saturated heterocycles. The van der Waals surface area contributed by atoms with E-state index >= 15 is 0 Å². The van der Waals surface area contributed by atoms with Gasteiger partial charge in [-0.3, -0.25) is 4.79 Å². The van der Waals surface area contributed by atoms with Crippen LogP contribution in [0.1, 0.15) is 32.6 Å². The van der Waals surface area contributed by atoms with Crippen LogP contribution in [-0.2, 0) is 4.79 Å². The third-order valence-electron chi connectivity index (χ3n) is 4.09. The average molecular weight is 240 g/mol. The van der Waals surface area contributed by atoms with Gasteiger partial charge in [0.15, 0.2) is 0 Å². The van der Waals surface area contributed by atoms with Crippen molar-refractivity contribution in [3.05, 3.63) is 11.6 Å². The van der Waals surface area contributed by atoms with Crippen LogP contribution in [0.3, 0.4) is 0 Å². The van der Waals surface area contributed by atoms with Crippen molar-refractivity contribution in [2.24, 2.45) is 5.41 Å². The highest BCUT2D eigenvalue weighted by Crippen LogP contribution is 2.57. The summed E-state index contributed by atoms with van der Waals surface area (Å²) in [4.78, 5) is 11.9. The number of ketones is 1. The molecule has 1 heterocycles. The minimum atomic E-state index is -0.0744. The first-order chi connectivity index (χ1) is 7.15. The zero-order valence-corrected chi connectivity index (χ0v) is 10.7. The van der Waals surface area contributed by atoms with Gasteiger partial charge >= 0.3 is 0 Å². The molecule has 0 radical (unpaired) electrons. The van der Waals surface area contributed by atoms with Crippen molar-refractivity contribution in [2.45, 2.75) is 36.7 Å². The Kier molecular flexibility index (Phi) is 2.26. The molecule has 82 valence electrons. The summed E-state index contributed by atoms with van der Waals surface area (Å²) in [6, 6.07) is 0. The van der Waals surface area contributed by atoms with Crippen LogP contribution in [0.2, 0.25) is 0 Å². The molecule has 1 saturated carbocycles. The monoisotopic (exact) mass is 240 g/mol. The third kappa shape index (κ3) is 1.42. The van der Waals surface area contributed by atoms with Gasteiger partial charge < -0.3 is 0 Å². The summed E-state index contributed by atoms with van der Waals surface area (Å²) in [6.45, 7) is 2.16. The predicted molar refractivity (Wildman–Crippen MR) is 67.3 cm³/mol. The molecule has 0 unspecified atom stereocenters. The Morgan fingerprint density at radius 3 is 2.67 bits per heavy atom. The fourth-order valence-electron chi connectivity index (χ4n) is 2.97. The second kappa shape index (κ2) is 3.30. The lowest BCUT2D eigenvalue weighted by molar-refractivity contribution is -0.124. The SMILES string of the molecule is C[C@]12CCC3(C=C1CCC2=O)SCCS3.